The third kappa shape index (κ3) is 3.19. The van der Waals surface area contributed by atoms with Crippen LogP contribution in [0.15, 0.2) is 73.1 Å². The fourth-order valence-electron chi connectivity index (χ4n) is 3.59. The Balaban J connectivity index is 0.00000196. The minimum absolute atomic E-state index is 0. The summed E-state index contributed by atoms with van der Waals surface area (Å²) in [6.07, 6.45) is 8.91. The SMILES string of the molecule is CCN1C=C/C(=C\c2cc[n+](CC)c3ccccc23)c2ccccc21.[Br-]. The second-order valence-corrected chi connectivity index (χ2v) is 6.29. The first-order chi connectivity index (χ1) is 12.3. The molecule has 0 fully saturated rings. The number of fused-ring (bicyclic) bond motifs is 2. The van der Waals surface area contributed by atoms with Gasteiger partial charge in [-0.25, -0.2) is 0 Å². The minimum atomic E-state index is 0. The van der Waals surface area contributed by atoms with Gasteiger partial charge < -0.3 is 21.9 Å². The van der Waals surface area contributed by atoms with Gasteiger partial charge in [0.25, 0.3) is 0 Å². The zero-order valence-corrected chi connectivity index (χ0v) is 16.8. The minimum Gasteiger partial charge on any atom is -1.00 e. The van der Waals surface area contributed by atoms with Gasteiger partial charge in [-0.15, -0.1) is 0 Å². The number of rotatable bonds is 3. The Bertz CT molecular complexity index is 988. The van der Waals surface area contributed by atoms with E-state index in [2.05, 4.69) is 102 Å². The lowest BCUT2D eigenvalue weighted by Crippen LogP contribution is -3.00. The number of allylic oxidation sites excluding steroid dienone is 2. The Labute approximate surface area is 165 Å². The molecule has 3 heteroatoms. The summed E-state index contributed by atoms with van der Waals surface area (Å²) in [4.78, 5) is 2.29. The number of para-hydroxylation sites is 2. The number of benzene rings is 2. The molecule has 0 saturated heterocycles. The van der Waals surface area contributed by atoms with E-state index < -0.39 is 0 Å². The first kappa shape index (κ1) is 18.4. The number of nitrogens with zero attached hydrogens (tertiary/aromatic N) is 2. The molecule has 0 bridgehead atoms. The lowest BCUT2D eigenvalue weighted by Gasteiger charge is -2.26. The molecule has 0 atom stereocenters. The molecule has 0 N–H and O–H groups in total. The molecule has 26 heavy (non-hydrogen) atoms. The summed E-state index contributed by atoms with van der Waals surface area (Å²) in [7, 11) is 0. The maximum Gasteiger partial charge on any atom is 0.213 e. The number of hydrogen-bond acceptors (Lipinski definition) is 1. The van der Waals surface area contributed by atoms with Crippen molar-refractivity contribution in [3.63, 3.8) is 0 Å². The van der Waals surface area contributed by atoms with E-state index in [0.717, 1.165) is 13.1 Å². The normalized spacial score (nSPS) is 14.4. The smallest absolute Gasteiger partial charge is 0.213 e. The van der Waals surface area contributed by atoms with Gasteiger partial charge in [0.15, 0.2) is 6.20 Å². The van der Waals surface area contributed by atoms with Crippen molar-refractivity contribution in [2.45, 2.75) is 20.4 Å². The molecule has 132 valence electrons. The Morgan fingerprint density at radius 3 is 2.54 bits per heavy atom. The summed E-state index contributed by atoms with van der Waals surface area (Å²) in [6, 6.07) is 19.5. The third-order valence-corrected chi connectivity index (χ3v) is 4.91. The highest BCUT2D eigenvalue weighted by molar-refractivity contribution is 5.99. The molecule has 0 aliphatic carbocycles. The van der Waals surface area contributed by atoms with Crippen LogP contribution in [-0.2, 0) is 6.54 Å². The summed E-state index contributed by atoms with van der Waals surface area (Å²) in [6.45, 7) is 6.32. The zero-order chi connectivity index (χ0) is 17.2. The van der Waals surface area contributed by atoms with Crippen molar-refractivity contribution in [2.24, 2.45) is 0 Å². The molecule has 1 aliphatic heterocycles. The summed E-state index contributed by atoms with van der Waals surface area (Å²) in [5.74, 6) is 0. The average Bonchev–Trinajstić information content (AvgIpc) is 2.68. The fourth-order valence-corrected chi connectivity index (χ4v) is 3.59. The van der Waals surface area contributed by atoms with E-state index in [1.54, 1.807) is 0 Å². The summed E-state index contributed by atoms with van der Waals surface area (Å²) < 4.78 is 2.29. The Morgan fingerprint density at radius 2 is 1.73 bits per heavy atom. The molecule has 3 aromatic rings. The predicted octanol–water partition coefficient (Wildman–Crippen LogP) is 2.05. The van der Waals surface area contributed by atoms with Crippen LogP contribution in [0.3, 0.4) is 0 Å². The van der Waals surface area contributed by atoms with Gasteiger partial charge in [0, 0.05) is 36.1 Å². The molecule has 2 aromatic carbocycles. The van der Waals surface area contributed by atoms with Crippen LogP contribution in [0.4, 0.5) is 5.69 Å². The van der Waals surface area contributed by atoms with Gasteiger partial charge in [-0.05, 0) is 49.3 Å². The van der Waals surface area contributed by atoms with Gasteiger partial charge in [-0.1, -0.05) is 30.3 Å². The van der Waals surface area contributed by atoms with Gasteiger partial charge in [-0.2, -0.15) is 4.57 Å². The number of aromatic nitrogens is 1. The molecular weight excluding hydrogens is 384 g/mol. The number of aryl methyl sites for hydroxylation is 1. The standard InChI is InChI=1S/C23H23N2.BrH/c1-3-24-15-13-18(20-9-5-7-11-22(20)24)17-19-14-16-25(4-2)23-12-8-6-10-21(19)23;/h5-17H,3-4H2,1-2H3;1H/q+1;/p-1. The third-order valence-electron chi connectivity index (χ3n) is 4.91. The molecule has 0 unspecified atom stereocenters. The quantitative estimate of drug-likeness (QED) is 0.603. The topological polar surface area (TPSA) is 7.12 Å². The Morgan fingerprint density at radius 1 is 0.962 bits per heavy atom. The molecule has 2 nitrogen and oxygen atoms in total. The van der Waals surface area contributed by atoms with E-state index in [-0.39, 0.29) is 17.0 Å². The summed E-state index contributed by atoms with van der Waals surface area (Å²) in [5.41, 5.74) is 6.38. The predicted molar refractivity (Wildman–Crippen MR) is 106 cm³/mol. The molecule has 0 spiro atoms. The molecule has 2 heterocycles. The van der Waals surface area contributed by atoms with Gasteiger partial charge in [-0.3, -0.25) is 0 Å². The summed E-state index contributed by atoms with van der Waals surface area (Å²) in [5, 5.41) is 1.29. The molecule has 0 saturated carbocycles. The second-order valence-electron chi connectivity index (χ2n) is 6.29. The monoisotopic (exact) mass is 406 g/mol. The van der Waals surface area contributed by atoms with Crippen molar-refractivity contribution in [1.29, 1.82) is 0 Å². The lowest BCUT2D eigenvalue weighted by molar-refractivity contribution is -0.667. The molecule has 1 aromatic heterocycles. The van der Waals surface area contributed by atoms with Gasteiger partial charge >= 0.3 is 0 Å². The van der Waals surface area contributed by atoms with Crippen molar-refractivity contribution in [3.8, 4) is 0 Å². The number of anilines is 1. The number of pyridine rings is 1. The van der Waals surface area contributed by atoms with E-state index >= 15 is 0 Å². The van der Waals surface area contributed by atoms with Crippen molar-refractivity contribution >= 4 is 28.2 Å². The van der Waals surface area contributed by atoms with Crippen molar-refractivity contribution in [2.75, 3.05) is 11.4 Å². The molecule has 4 rings (SSSR count). The van der Waals surface area contributed by atoms with Crippen LogP contribution in [0.25, 0.3) is 22.6 Å². The van der Waals surface area contributed by atoms with E-state index in [1.807, 2.05) is 0 Å². The van der Waals surface area contributed by atoms with Crippen LogP contribution in [0.1, 0.15) is 25.0 Å². The van der Waals surface area contributed by atoms with Crippen molar-refractivity contribution in [3.05, 3.63) is 84.2 Å². The summed E-state index contributed by atoms with van der Waals surface area (Å²) >= 11 is 0. The van der Waals surface area contributed by atoms with Gasteiger partial charge in [0.05, 0.1) is 5.39 Å². The molecule has 0 radical (unpaired) electrons. The van der Waals surface area contributed by atoms with E-state index in [0.29, 0.717) is 0 Å². The highest BCUT2D eigenvalue weighted by Crippen LogP contribution is 2.34. The van der Waals surface area contributed by atoms with E-state index in [1.165, 1.54) is 33.3 Å². The lowest BCUT2D eigenvalue weighted by atomic mass is 9.96. The second kappa shape index (κ2) is 7.88. The Kier molecular flexibility index (Phi) is 5.58. The van der Waals surface area contributed by atoms with Crippen LogP contribution in [0.5, 0.6) is 0 Å². The van der Waals surface area contributed by atoms with Crippen LogP contribution in [0.2, 0.25) is 0 Å². The highest BCUT2D eigenvalue weighted by Gasteiger charge is 2.16. The average molecular weight is 407 g/mol. The first-order valence-electron chi connectivity index (χ1n) is 8.99. The van der Waals surface area contributed by atoms with Gasteiger partial charge in [0.2, 0.25) is 5.52 Å². The fraction of sp³-hybridized carbons (Fsp3) is 0.174. The molecule has 1 aliphatic rings. The van der Waals surface area contributed by atoms with E-state index in [4.69, 9.17) is 0 Å². The maximum absolute atomic E-state index is 2.31. The van der Waals surface area contributed by atoms with Crippen molar-refractivity contribution < 1.29 is 21.5 Å². The first-order valence-corrected chi connectivity index (χ1v) is 8.99. The zero-order valence-electron chi connectivity index (χ0n) is 15.2. The van der Waals surface area contributed by atoms with Crippen LogP contribution in [0, 0.1) is 0 Å². The highest BCUT2D eigenvalue weighted by atomic mass is 79.9. The molecule has 0 amide bonds. The van der Waals surface area contributed by atoms with Crippen molar-refractivity contribution in [1.82, 2.24) is 0 Å². The van der Waals surface area contributed by atoms with Gasteiger partial charge in [0.1, 0.15) is 6.54 Å². The number of hydrogen-bond donors (Lipinski definition) is 0. The number of halogens is 1. The molecular formula is C23H23BrN2. The maximum atomic E-state index is 2.31. The van der Waals surface area contributed by atoms with Crippen LogP contribution in [-0.4, -0.2) is 6.54 Å². The largest absolute Gasteiger partial charge is 1.00 e. The van der Waals surface area contributed by atoms with Crippen LogP contribution >= 0.6 is 0 Å². The van der Waals surface area contributed by atoms with Crippen LogP contribution < -0.4 is 26.4 Å². The van der Waals surface area contributed by atoms with E-state index in [9.17, 15) is 0 Å². The Hall–Kier alpha value is -2.39.